The van der Waals surface area contributed by atoms with Crippen LogP contribution in [-0.2, 0) is 0 Å². The fourth-order valence-corrected chi connectivity index (χ4v) is 6.14. The molecule has 3 atom stereocenters. The Labute approximate surface area is 223 Å². The van der Waals surface area contributed by atoms with Crippen LogP contribution in [0.3, 0.4) is 0 Å². The molecule has 6 nitrogen and oxygen atoms in total. The minimum absolute atomic E-state index is 0.0622. The first-order valence-electron chi connectivity index (χ1n) is 13.4. The maximum atomic E-state index is 5.78. The molecular weight excluding hydrogens is 476 g/mol. The second-order valence-corrected chi connectivity index (χ2v) is 11.6. The summed E-state index contributed by atoms with van der Waals surface area (Å²) in [6.45, 7) is 7.62. The van der Waals surface area contributed by atoms with Gasteiger partial charge in [-0.05, 0) is 83.3 Å². The lowest BCUT2D eigenvalue weighted by molar-refractivity contribution is 0.173. The summed E-state index contributed by atoms with van der Waals surface area (Å²) in [6.07, 6.45) is 4.36. The molecule has 0 amide bonds. The van der Waals surface area contributed by atoms with Crippen LogP contribution < -0.4 is 24.0 Å². The Bertz CT molecular complexity index is 1440. The number of hydrazone groups is 1. The Balaban J connectivity index is 1.35. The van der Waals surface area contributed by atoms with Gasteiger partial charge in [-0.15, -0.1) is 0 Å². The first-order valence-corrected chi connectivity index (χ1v) is 13.4. The molecule has 1 saturated carbocycles. The molecular formula is C32H32N2O4. The summed E-state index contributed by atoms with van der Waals surface area (Å²) in [5.74, 6) is 3.98. The molecule has 0 unspecified atom stereocenters. The lowest BCUT2D eigenvalue weighted by atomic mass is 9.65. The van der Waals surface area contributed by atoms with Crippen LogP contribution in [0.15, 0.2) is 77.4 Å². The smallest absolute Gasteiger partial charge is 0.231 e. The molecule has 1 aliphatic carbocycles. The first kappa shape index (κ1) is 23.2. The molecule has 0 aromatic heterocycles. The third-order valence-electron chi connectivity index (χ3n) is 8.27. The van der Waals surface area contributed by atoms with Gasteiger partial charge in [-0.25, -0.2) is 0 Å². The van der Waals surface area contributed by atoms with Crippen LogP contribution in [-0.4, -0.2) is 19.3 Å². The zero-order valence-electron chi connectivity index (χ0n) is 22.0. The van der Waals surface area contributed by atoms with Crippen molar-refractivity contribution >= 4 is 17.5 Å². The fraction of sp³-hybridized carbons (Fsp3) is 0.344. The Kier molecular flexibility index (Phi) is 5.39. The standard InChI is InChI=1S/C32H32N2O4/c1-32(2,3)23-15-22(13-20-9-11-26-28(14-20)37-18-35-26)30-25(17-23)31(34(33-30)24-7-5-4-6-8-24)21-10-12-27-29(16-21)38-19-36-27/h4-14,16,23,25,31H,15,17-19H2,1-3H3/b22-13+/t23-,25-,31-/m1/s1. The maximum Gasteiger partial charge on any atom is 0.231 e. The first-order chi connectivity index (χ1) is 18.4. The van der Waals surface area contributed by atoms with Crippen LogP contribution in [0.1, 0.15) is 50.8 Å². The molecule has 3 aromatic carbocycles. The molecule has 194 valence electrons. The average molecular weight is 509 g/mol. The van der Waals surface area contributed by atoms with E-state index in [4.69, 9.17) is 24.0 Å². The summed E-state index contributed by atoms with van der Waals surface area (Å²) in [4.78, 5) is 0. The number of rotatable bonds is 3. The van der Waals surface area contributed by atoms with Crippen molar-refractivity contribution in [1.29, 1.82) is 0 Å². The van der Waals surface area contributed by atoms with E-state index in [9.17, 15) is 0 Å². The summed E-state index contributed by atoms with van der Waals surface area (Å²) in [5.41, 5.74) is 6.03. The minimum atomic E-state index is 0.0622. The van der Waals surface area contributed by atoms with Gasteiger partial charge < -0.3 is 18.9 Å². The van der Waals surface area contributed by atoms with Crippen LogP contribution in [0.2, 0.25) is 0 Å². The predicted molar refractivity (Wildman–Crippen MR) is 148 cm³/mol. The monoisotopic (exact) mass is 508 g/mol. The van der Waals surface area contributed by atoms with E-state index in [1.54, 1.807) is 0 Å². The summed E-state index contributed by atoms with van der Waals surface area (Å²) < 4.78 is 22.6. The van der Waals surface area contributed by atoms with E-state index in [1.165, 1.54) is 16.8 Å². The van der Waals surface area contributed by atoms with Crippen LogP contribution in [0, 0.1) is 17.3 Å². The number of hydrogen-bond donors (Lipinski definition) is 0. The van der Waals surface area contributed by atoms with Crippen molar-refractivity contribution in [1.82, 2.24) is 0 Å². The number of hydrogen-bond acceptors (Lipinski definition) is 6. The van der Waals surface area contributed by atoms with Gasteiger partial charge in [0.25, 0.3) is 0 Å². The number of nitrogens with zero attached hydrogens (tertiary/aromatic N) is 2. The zero-order valence-corrected chi connectivity index (χ0v) is 22.0. The molecule has 0 radical (unpaired) electrons. The molecule has 6 heteroatoms. The molecule has 38 heavy (non-hydrogen) atoms. The topological polar surface area (TPSA) is 52.5 Å². The van der Waals surface area contributed by atoms with Gasteiger partial charge in [0.2, 0.25) is 13.6 Å². The van der Waals surface area contributed by atoms with E-state index in [-0.39, 0.29) is 31.0 Å². The van der Waals surface area contributed by atoms with E-state index < -0.39 is 0 Å². The Morgan fingerprint density at radius 1 is 0.816 bits per heavy atom. The number of ether oxygens (including phenoxy) is 4. The van der Waals surface area contributed by atoms with E-state index >= 15 is 0 Å². The lowest BCUT2D eigenvalue weighted by Gasteiger charge is -2.40. The van der Waals surface area contributed by atoms with Crippen molar-refractivity contribution in [3.05, 3.63) is 83.4 Å². The van der Waals surface area contributed by atoms with Crippen molar-refractivity contribution in [3.8, 4) is 23.0 Å². The molecule has 0 bridgehead atoms. The van der Waals surface area contributed by atoms with Gasteiger partial charge in [0.05, 0.1) is 17.4 Å². The summed E-state index contributed by atoms with van der Waals surface area (Å²) in [7, 11) is 0. The van der Waals surface area contributed by atoms with E-state index in [0.717, 1.165) is 47.1 Å². The predicted octanol–water partition coefficient (Wildman–Crippen LogP) is 7.22. The second-order valence-electron chi connectivity index (χ2n) is 11.6. The van der Waals surface area contributed by atoms with Crippen LogP contribution in [0.4, 0.5) is 5.69 Å². The average Bonchev–Trinajstić information content (AvgIpc) is 3.66. The maximum absolute atomic E-state index is 5.78. The Morgan fingerprint density at radius 3 is 2.24 bits per heavy atom. The van der Waals surface area contributed by atoms with Gasteiger partial charge in [0.1, 0.15) is 0 Å². The number of fused-ring (bicyclic) bond motifs is 3. The molecule has 4 aliphatic rings. The highest BCUT2D eigenvalue weighted by molar-refractivity contribution is 6.08. The molecule has 0 spiro atoms. The fourth-order valence-electron chi connectivity index (χ4n) is 6.14. The summed E-state index contributed by atoms with van der Waals surface area (Å²) >= 11 is 0. The lowest BCUT2D eigenvalue weighted by Crippen LogP contribution is -2.35. The SMILES string of the molecule is CC(C)(C)[C@@H]1C/C(=C\c2ccc3c(c2)OCO3)C2=NN(c3ccccc3)[C@H](c3ccc4c(c3)OCO4)[C@@H]2C1. The minimum Gasteiger partial charge on any atom is -0.454 e. The van der Waals surface area contributed by atoms with Crippen LogP contribution >= 0.6 is 0 Å². The highest BCUT2D eigenvalue weighted by atomic mass is 16.7. The highest BCUT2D eigenvalue weighted by Crippen LogP contribution is 2.52. The van der Waals surface area contributed by atoms with Crippen LogP contribution in [0.25, 0.3) is 6.08 Å². The van der Waals surface area contributed by atoms with Crippen molar-refractivity contribution in [2.75, 3.05) is 18.6 Å². The molecule has 0 saturated heterocycles. The second kappa shape index (κ2) is 8.83. The molecule has 3 aliphatic heterocycles. The van der Waals surface area contributed by atoms with Gasteiger partial charge >= 0.3 is 0 Å². The quantitative estimate of drug-likeness (QED) is 0.374. The summed E-state index contributed by atoms with van der Waals surface area (Å²) in [5, 5.41) is 7.57. The largest absolute Gasteiger partial charge is 0.454 e. The molecule has 3 aromatic rings. The molecule has 3 heterocycles. The van der Waals surface area contributed by atoms with Crippen molar-refractivity contribution < 1.29 is 18.9 Å². The van der Waals surface area contributed by atoms with Crippen molar-refractivity contribution in [2.24, 2.45) is 22.4 Å². The number of benzene rings is 3. The van der Waals surface area contributed by atoms with Crippen molar-refractivity contribution in [3.63, 3.8) is 0 Å². The van der Waals surface area contributed by atoms with Crippen molar-refractivity contribution in [2.45, 2.75) is 39.7 Å². The highest BCUT2D eigenvalue weighted by Gasteiger charge is 2.46. The Morgan fingerprint density at radius 2 is 1.50 bits per heavy atom. The normalized spacial score (nSPS) is 24.5. The number of para-hydroxylation sites is 1. The van der Waals surface area contributed by atoms with E-state index in [2.05, 4.69) is 86.5 Å². The molecule has 7 rings (SSSR count). The molecule has 0 N–H and O–H groups in total. The number of anilines is 1. The van der Waals surface area contributed by atoms with Gasteiger partial charge in [0, 0.05) is 5.92 Å². The van der Waals surface area contributed by atoms with Gasteiger partial charge in [-0.3, -0.25) is 5.01 Å². The van der Waals surface area contributed by atoms with Crippen LogP contribution in [0.5, 0.6) is 23.0 Å². The zero-order chi connectivity index (χ0) is 25.9. The summed E-state index contributed by atoms with van der Waals surface area (Å²) in [6, 6.07) is 23.1. The van der Waals surface area contributed by atoms with Gasteiger partial charge in [-0.1, -0.05) is 51.1 Å². The van der Waals surface area contributed by atoms with E-state index in [1.807, 2.05) is 12.1 Å². The van der Waals surface area contributed by atoms with Gasteiger partial charge in [0.15, 0.2) is 23.0 Å². The number of allylic oxidation sites excluding steroid dienone is 1. The van der Waals surface area contributed by atoms with E-state index in [0.29, 0.717) is 5.92 Å². The van der Waals surface area contributed by atoms with Gasteiger partial charge in [-0.2, -0.15) is 5.10 Å². The third kappa shape index (κ3) is 3.99. The Hall–Kier alpha value is -3.93. The third-order valence-corrected chi connectivity index (χ3v) is 8.27. The molecule has 1 fully saturated rings.